The zero-order valence-corrected chi connectivity index (χ0v) is 11.9. The number of amides is 1. The van der Waals surface area contributed by atoms with Crippen LogP contribution in [0.15, 0.2) is 36.5 Å². The predicted octanol–water partition coefficient (Wildman–Crippen LogP) is 3.33. The first-order valence-corrected chi connectivity index (χ1v) is 6.90. The lowest BCUT2D eigenvalue weighted by Crippen LogP contribution is -2.22. The number of pyridine rings is 1. The summed E-state index contributed by atoms with van der Waals surface area (Å²) in [4.78, 5) is 15.7. The fraction of sp³-hybridized carbons (Fsp3) is 0.375. The molecule has 3 heteroatoms. The first-order chi connectivity index (χ1) is 9.31. The molecule has 0 spiro atoms. The molecule has 0 radical (unpaired) electrons. The van der Waals surface area contributed by atoms with Crippen LogP contribution in [0.25, 0.3) is 10.9 Å². The van der Waals surface area contributed by atoms with E-state index in [1.807, 2.05) is 45.0 Å². The third kappa shape index (κ3) is 4.36. The Morgan fingerprint density at radius 1 is 1.21 bits per heavy atom. The summed E-state index contributed by atoms with van der Waals surface area (Å²) in [5, 5.41) is 3.95. The molecule has 1 amide bonds. The van der Waals surface area contributed by atoms with Crippen LogP contribution < -0.4 is 5.32 Å². The zero-order valence-electron chi connectivity index (χ0n) is 11.9. The Labute approximate surface area is 115 Å². The molecule has 0 saturated heterocycles. The normalized spacial score (nSPS) is 9.63. The van der Waals surface area contributed by atoms with Crippen molar-refractivity contribution in [1.82, 2.24) is 10.3 Å². The number of fused-ring (bicyclic) bond motifs is 1. The molecule has 0 atom stereocenters. The van der Waals surface area contributed by atoms with Crippen LogP contribution in [-0.2, 0) is 11.2 Å². The number of carbonyl (C=O) groups excluding carboxylic acids is 1. The van der Waals surface area contributed by atoms with Gasteiger partial charge in [0.25, 0.3) is 0 Å². The van der Waals surface area contributed by atoms with Crippen molar-refractivity contribution in [2.24, 2.45) is 0 Å². The highest BCUT2D eigenvalue weighted by molar-refractivity contribution is 5.83. The summed E-state index contributed by atoms with van der Waals surface area (Å²) in [6.45, 7) is 6.62. The second-order valence-electron chi connectivity index (χ2n) is 3.94. The Kier molecular flexibility index (Phi) is 6.58. The van der Waals surface area contributed by atoms with Gasteiger partial charge in [-0.1, -0.05) is 32.0 Å². The quantitative estimate of drug-likeness (QED) is 0.914. The van der Waals surface area contributed by atoms with E-state index in [1.54, 1.807) is 6.20 Å². The Hall–Kier alpha value is -1.90. The minimum Gasteiger partial charge on any atom is -0.356 e. The van der Waals surface area contributed by atoms with Gasteiger partial charge in [-0.15, -0.1) is 0 Å². The van der Waals surface area contributed by atoms with E-state index in [4.69, 9.17) is 0 Å². The molecule has 3 nitrogen and oxygen atoms in total. The topological polar surface area (TPSA) is 42.0 Å². The van der Waals surface area contributed by atoms with Gasteiger partial charge >= 0.3 is 0 Å². The lowest BCUT2D eigenvalue weighted by atomic mass is 10.0. The molecule has 1 heterocycles. The first-order valence-electron chi connectivity index (χ1n) is 6.90. The Bertz CT molecular complexity index is 518. The van der Waals surface area contributed by atoms with Crippen LogP contribution in [-0.4, -0.2) is 17.4 Å². The van der Waals surface area contributed by atoms with Crippen molar-refractivity contribution in [3.05, 3.63) is 42.1 Å². The van der Waals surface area contributed by atoms with Crippen LogP contribution >= 0.6 is 0 Å². The molecule has 19 heavy (non-hydrogen) atoms. The van der Waals surface area contributed by atoms with Crippen molar-refractivity contribution in [2.75, 3.05) is 6.54 Å². The number of hydrogen-bond donors (Lipinski definition) is 1. The van der Waals surface area contributed by atoms with E-state index in [0.717, 1.165) is 17.3 Å². The van der Waals surface area contributed by atoms with E-state index >= 15 is 0 Å². The number of hydrogen-bond acceptors (Lipinski definition) is 2. The maximum absolute atomic E-state index is 11.4. The van der Waals surface area contributed by atoms with Gasteiger partial charge in [-0.2, -0.15) is 0 Å². The molecule has 0 aliphatic heterocycles. The first kappa shape index (κ1) is 15.2. The molecule has 0 unspecified atom stereocenters. The molecule has 0 bridgehead atoms. The molecule has 1 aromatic heterocycles. The number of aryl methyl sites for hydroxylation is 1. The molecule has 102 valence electrons. The lowest BCUT2D eigenvalue weighted by Gasteiger charge is -2.05. The van der Waals surface area contributed by atoms with Crippen LogP contribution in [0.4, 0.5) is 0 Å². The van der Waals surface area contributed by atoms with Crippen LogP contribution in [0.2, 0.25) is 0 Å². The minimum atomic E-state index is 0.105. The van der Waals surface area contributed by atoms with E-state index in [1.165, 1.54) is 5.56 Å². The van der Waals surface area contributed by atoms with Crippen molar-refractivity contribution in [3.8, 4) is 0 Å². The van der Waals surface area contributed by atoms with Gasteiger partial charge in [-0.3, -0.25) is 9.78 Å². The zero-order chi connectivity index (χ0) is 14.1. The maximum atomic E-state index is 11.4. The average molecular weight is 258 g/mol. The number of rotatable bonds is 4. The largest absolute Gasteiger partial charge is 0.356 e. The molecular weight excluding hydrogens is 236 g/mol. The van der Waals surface area contributed by atoms with Gasteiger partial charge in [-0.05, 0) is 31.0 Å². The third-order valence-electron chi connectivity index (χ3n) is 2.73. The second kappa shape index (κ2) is 8.25. The molecule has 2 aromatic rings. The van der Waals surface area contributed by atoms with Gasteiger partial charge in [0, 0.05) is 24.5 Å². The van der Waals surface area contributed by atoms with E-state index in [2.05, 4.69) is 16.4 Å². The Balaban J connectivity index is 0.000000861. The highest BCUT2D eigenvalue weighted by atomic mass is 16.1. The lowest BCUT2D eigenvalue weighted by molar-refractivity contribution is -0.120. The highest BCUT2D eigenvalue weighted by Gasteiger charge is 2.04. The maximum Gasteiger partial charge on any atom is 0.220 e. The van der Waals surface area contributed by atoms with Gasteiger partial charge in [0.15, 0.2) is 0 Å². The van der Waals surface area contributed by atoms with E-state index in [9.17, 15) is 4.79 Å². The van der Waals surface area contributed by atoms with Crippen molar-refractivity contribution in [3.63, 3.8) is 0 Å². The van der Waals surface area contributed by atoms with Crippen LogP contribution in [0.3, 0.4) is 0 Å². The minimum absolute atomic E-state index is 0.105. The number of benzene rings is 1. The second-order valence-corrected chi connectivity index (χ2v) is 3.94. The summed E-state index contributed by atoms with van der Waals surface area (Å²) in [7, 11) is 0. The molecule has 1 N–H and O–H groups in total. The fourth-order valence-corrected chi connectivity index (χ4v) is 1.91. The van der Waals surface area contributed by atoms with Gasteiger partial charge in [0.05, 0.1) is 5.52 Å². The molecule has 0 aliphatic carbocycles. The Morgan fingerprint density at radius 2 is 1.95 bits per heavy atom. The van der Waals surface area contributed by atoms with Crippen LogP contribution in [0.1, 0.15) is 32.8 Å². The monoisotopic (exact) mass is 258 g/mol. The Morgan fingerprint density at radius 3 is 2.68 bits per heavy atom. The number of aromatic nitrogens is 1. The van der Waals surface area contributed by atoms with Crippen molar-refractivity contribution in [2.45, 2.75) is 33.6 Å². The van der Waals surface area contributed by atoms with Gasteiger partial charge < -0.3 is 5.32 Å². The summed E-state index contributed by atoms with van der Waals surface area (Å²) in [5.41, 5.74) is 2.17. The van der Waals surface area contributed by atoms with Gasteiger partial charge in [-0.25, -0.2) is 0 Å². The van der Waals surface area contributed by atoms with Crippen molar-refractivity contribution < 1.29 is 4.79 Å². The smallest absolute Gasteiger partial charge is 0.220 e. The van der Waals surface area contributed by atoms with Gasteiger partial charge in [0.2, 0.25) is 5.91 Å². The number of para-hydroxylation sites is 1. The summed E-state index contributed by atoms with van der Waals surface area (Å²) < 4.78 is 0. The van der Waals surface area contributed by atoms with Crippen molar-refractivity contribution in [1.29, 1.82) is 0 Å². The van der Waals surface area contributed by atoms with E-state index < -0.39 is 0 Å². The van der Waals surface area contributed by atoms with E-state index in [-0.39, 0.29) is 5.91 Å². The molecule has 0 aliphatic rings. The predicted molar refractivity (Wildman–Crippen MR) is 80.1 cm³/mol. The molecule has 2 rings (SSSR count). The summed E-state index contributed by atoms with van der Waals surface area (Å²) in [6, 6.07) is 10.0. The number of nitrogens with one attached hydrogen (secondary N) is 1. The molecular formula is C16H22N2O. The molecule has 0 fully saturated rings. The standard InChI is InChI=1S/C14H16N2O.C2H6/c1-2-15-14(17)8-7-11-9-10-16-13-6-4-3-5-12(11)13;1-2/h3-6,9-10H,2,7-8H2,1H3,(H,15,17);1-2H3. The number of nitrogens with zero attached hydrogens (tertiary/aromatic N) is 1. The number of carbonyl (C=O) groups is 1. The summed E-state index contributed by atoms with van der Waals surface area (Å²) in [5.74, 6) is 0.105. The van der Waals surface area contributed by atoms with Crippen molar-refractivity contribution >= 4 is 16.8 Å². The van der Waals surface area contributed by atoms with E-state index in [0.29, 0.717) is 13.0 Å². The van der Waals surface area contributed by atoms with Crippen LogP contribution in [0, 0.1) is 0 Å². The molecule has 0 saturated carbocycles. The SMILES string of the molecule is CC.CCNC(=O)CCc1ccnc2ccccc12. The molecule has 1 aromatic carbocycles. The van der Waals surface area contributed by atoms with Gasteiger partial charge in [0.1, 0.15) is 0 Å². The average Bonchev–Trinajstić information content (AvgIpc) is 2.47. The third-order valence-corrected chi connectivity index (χ3v) is 2.73. The van der Waals surface area contributed by atoms with Crippen LogP contribution in [0.5, 0.6) is 0 Å². The summed E-state index contributed by atoms with van der Waals surface area (Å²) >= 11 is 0. The fourth-order valence-electron chi connectivity index (χ4n) is 1.91. The summed E-state index contributed by atoms with van der Waals surface area (Å²) in [6.07, 6.45) is 3.09. The highest BCUT2D eigenvalue weighted by Crippen LogP contribution is 2.17.